The first kappa shape index (κ1) is 17.7. The molecule has 4 nitrogen and oxygen atoms in total. The number of carbonyl (C=O) groups is 1. The Morgan fingerprint density at radius 1 is 1.48 bits per heavy atom. The number of halogens is 2. The first-order valence-electron chi connectivity index (χ1n) is 6.43. The van der Waals surface area contributed by atoms with E-state index < -0.39 is 5.91 Å². The van der Waals surface area contributed by atoms with Gasteiger partial charge in [-0.15, -0.1) is 0 Å². The van der Waals surface area contributed by atoms with Crippen LogP contribution < -0.4 is 10.1 Å². The Hall–Kier alpha value is -1.32. The molecule has 0 heterocycles. The van der Waals surface area contributed by atoms with Crippen molar-refractivity contribution in [2.45, 2.75) is 26.8 Å². The third-order valence-corrected chi connectivity index (χ3v) is 3.46. The van der Waals surface area contributed by atoms with Crippen LogP contribution in [0.3, 0.4) is 0 Å². The smallest absolute Gasteiger partial charge is 0.262 e. The van der Waals surface area contributed by atoms with Crippen LogP contribution in [0, 0.1) is 11.3 Å². The van der Waals surface area contributed by atoms with Gasteiger partial charge in [0.15, 0.2) is 0 Å². The van der Waals surface area contributed by atoms with Crippen LogP contribution in [0.15, 0.2) is 26.7 Å². The molecular formula is C15H16Br2N2O2. The molecule has 21 heavy (non-hydrogen) atoms. The SMILES string of the molecule is CCOc1c(Br)cc(Br)cc1/C=C(\C#N)C(=O)NC(C)C. The number of benzene rings is 1. The van der Waals surface area contributed by atoms with Crippen LogP contribution in [0.2, 0.25) is 0 Å². The Labute approximate surface area is 141 Å². The highest BCUT2D eigenvalue weighted by Crippen LogP contribution is 2.34. The highest BCUT2D eigenvalue weighted by atomic mass is 79.9. The van der Waals surface area contributed by atoms with E-state index in [-0.39, 0.29) is 11.6 Å². The minimum Gasteiger partial charge on any atom is -0.492 e. The molecular weight excluding hydrogens is 400 g/mol. The molecule has 0 saturated carbocycles. The highest BCUT2D eigenvalue weighted by molar-refractivity contribution is 9.11. The summed E-state index contributed by atoms with van der Waals surface area (Å²) in [5.41, 5.74) is 0.697. The Morgan fingerprint density at radius 3 is 2.67 bits per heavy atom. The lowest BCUT2D eigenvalue weighted by atomic mass is 10.1. The number of hydrogen-bond donors (Lipinski definition) is 1. The second-order valence-electron chi connectivity index (χ2n) is 4.54. The molecule has 0 spiro atoms. The van der Waals surface area contributed by atoms with Crippen LogP contribution in [0.4, 0.5) is 0 Å². The zero-order valence-corrected chi connectivity index (χ0v) is 15.2. The van der Waals surface area contributed by atoms with Crippen molar-refractivity contribution in [3.63, 3.8) is 0 Å². The molecule has 0 aliphatic rings. The van der Waals surface area contributed by atoms with Gasteiger partial charge in [-0.2, -0.15) is 5.26 Å². The summed E-state index contributed by atoms with van der Waals surface area (Å²) in [5.74, 6) is 0.205. The molecule has 0 aliphatic heterocycles. The summed E-state index contributed by atoms with van der Waals surface area (Å²) in [4.78, 5) is 12.0. The fourth-order valence-electron chi connectivity index (χ4n) is 1.63. The van der Waals surface area contributed by atoms with E-state index in [1.54, 1.807) is 6.07 Å². The Morgan fingerprint density at radius 2 is 2.14 bits per heavy atom. The van der Waals surface area contributed by atoms with E-state index in [2.05, 4.69) is 37.2 Å². The van der Waals surface area contributed by atoms with Crippen LogP contribution >= 0.6 is 31.9 Å². The third-order valence-electron chi connectivity index (χ3n) is 2.41. The van der Waals surface area contributed by atoms with E-state index in [9.17, 15) is 10.1 Å². The molecule has 1 rings (SSSR count). The highest BCUT2D eigenvalue weighted by Gasteiger charge is 2.14. The molecule has 0 saturated heterocycles. The molecule has 0 radical (unpaired) electrons. The number of nitriles is 1. The Balaban J connectivity index is 3.28. The average Bonchev–Trinajstić information content (AvgIpc) is 2.38. The lowest BCUT2D eigenvalue weighted by Gasteiger charge is -2.11. The van der Waals surface area contributed by atoms with Crippen molar-refractivity contribution in [1.29, 1.82) is 5.26 Å². The molecule has 0 unspecified atom stereocenters. The van der Waals surface area contributed by atoms with Gasteiger partial charge in [0, 0.05) is 16.1 Å². The monoisotopic (exact) mass is 414 g/mol. The van der Waals surface area contributed by atoms with Gasteiger partial charge in [-0.1, -0.05) is 15.9 Å². The number of carbonyl (C=O) groups excluding carboxylic acids is 1. The topological polar surface area (TPSA) is 62.1 Å². The maximum absolute atomic E-state index is 12.0. The predicted molar refractivity (Wildman–Crippen MR) is 89.9 cm³/mol. The van der Waals surface area contributed by atoms with Crippen molar-refractivity contribution in [3.8, 4) is 11.8 Å². The van der Waals surface area contributed by atoms with Gasteiger partial charge >= 0.3 is 0 Å². The molecule has 112 valence electrons. The molecule has 0 aromatic heterocycles. The second-order valence-corrected chi connectivity index (χ2v) is 6.31. The van der Waals surface area contributed by atoms with Crippen molar-refractivity contribution in [2.24, 2.45) is 0 Å². The fourth-order valence-corrected chi connectivity index (χ4v) is 3.00. The summed E-state index contributed by atoms with van der Waals surface area (Å²) in [5, 5.41) is 11.9. The van der Waals surface area contributed by atoms with Crippen LogP contribution in [0.5, 0.6) is 5.75 Å². The summed E-state index contributed by atoms with van der Waals surface area (Å²) in [6.07, 6.45) is 1.53. The van der Waals surface area contributed by atoms with E-state index in [4.69, 9.17) is 4.74 Å². The second kappa shape index (κ2) is 8.20. The number of nitrogens with one attached hydrogen (secondary N) is 1. The van der Waals surface area contributed by atoms with Gasteiger partial charge in [-0.25, -0.2) is 0 Å². The third kappa shape index (κ3) is 5.18. The zero-order chi connectivity index (χ0) is 16.0. The molecule has 6 heteroatoms. The molecule has 0 bridgehead atoms. The van der Waals surface area contributed by atoms with E-state index in [0.29, 0.717) is 17.9 Å². The van der Waals surface area contributed by atoms with Crippen LogP contribution in [0.1, 0.15) is 26.3 Å². The minimum absolute atomic E-state index is 0.0325. The van der Waals surface area contributed by atoms with Gasteiger partial charge in [0.2, 0.25) is 0 Å². The van der Waals surface area contributed by atoms with Gasteiger partial charge in [0.1, 0.15) is 17.4 Å². The van der Waals surface area contributed by atoms with E-state index in [1.807, 2.05) is 32.9 Å². The lowest BCUT2D eigenvalue weighted by molar-refractivity contribution is -0.117. The van der Waals surface area contributed by atoms with Crippen molar-refractivity contribution < 1.29 is 9.53 Å². The standard InChI is InChI=1S/C15H16Br2N2O2/c1-4-21-14-10(6-12(16)7-13(14)17)5-11(8-18)15(20)19-9(2)3/h5-7,9H,4H2,1-3H3,(H,19,20)/b11-5+. The summed E-state index contributed by atoms with van der Waals surface area (Å²) >= 11 is 6.81. The van der Waals surface area contributed by atoms with Crippen LogP contribution in [0.25, 0.3) is 6.08 Å². The molecule has 1 aromatic carbocycles. The zero-order valence-electron chi connectivity index (χ0n) is 12.0. The van der Waals surface area contributed by atoms with Crippen LogP contribution in [-0.4, -0.2) is 18.6 Å². The van der Waals surface area contributed by atoms with Gasteiger partial charge in [-0.3, -0.25) is 4.79 Å². The number of hydrogen-bond acceptors (Lipinski definition) is 3. The lowest BCUT2D eigenvalue weighted by Crippen LogP contribution is -2.30. The average molecular weight is 416 g/mol. The van der Waals surface area contributed by atoms with Crippen molar-refractivity contribution >= 4 is 43.8 Å². The first-order valence-corrected chi connectivity index (χ1v) is 8.02. The number of nitrogens with zero attached hydrogens (tertiary/aromatic N) is 1. The quantitative estimate of drug-likeness (QED) is 0.583. The fraction of sp³-hybridized carbons (Fsp3) is 0.333. The maximum atomic E-state index is 12.0. The van der Waals surface area contributed by atoms with Gasteiger partial charge in [0.05, 0.1) is 11.1 Å². The normalized spacial score (nSPS) is 11.2. The van der Waals surface area contributed by atoms with E-state index in [0.717, 1.165) is 8.95 Å². The minimum atomic E-state index is -0.397. The van der Waals surface area contributed by atoms with E-state index in [1.165, 1.54) is 6.08 Å². The summed E-state index contributed by atoms with van der Waals surface area (Å²) in [7, 11) is 0. The van der Waals surface area contributed by atoms with Crippen molar-refractivity contribution in [1.82, 2.24) is 5.32 Å². The van der Waals surface area contributed by atoms with Gasteiger partial charge < -0.3 is 10.1 Å². The summed E-state index contributed by atoms with van der Waals surface area (Å²) in [6.45, 7) is 6.04. The van der Waals surface area contributed by atoms with Gasteiger partial charge in [-0.05, 0) is 54.9 Å². The van der Waals surface area contributed by atoms with Crippen molar-refractivity contribution in [3.05, 3.63) is 32.2 Å². The molecule has 1 N–H and O–H groups in total. The first-order chi connectivity index (χ1) is 9.88. The Kier molecular flexibility index (Phi) is 6.93. The molecule has 1 aromatic rings. The number of ether oxygens (including phenoxy) is 1. The molecule has 1 amide bonds. The van der Waals surface area contributed by atoms with Crippen molar-refractivity contribution in [2.75, 3.05) is 6.61 Å². The number of rotatable bonds is 5. The summed E-state index contributed by atoms with van der Waals surface area (Å²) in [6, 6.07) is 5.55. The molecule has 0 atom stereocenters. The molecule has 0 fully saturated rings. The maximum Gasteiger partial charge on any atom is 0.262 e. The van der Waals surface area contributed by atoms with Gasteiger partial charge in [0.25, 0.3) is 5.91 Å². The Bertz CT molecular complexity index is 604. The predicted octanol–water partition coefficient (Wildman–Crippen LogP) is 4.04. The molecule has 0 aliphatic carbocycles. The largest absolute Gasteiger partial charge is 0.492 e. The van der Waals surface area contributed by atoms with Crippen LogP contribution in [-0.2, 0) is 4.79 Å². The number of amides is 1. The summed E-state index contributed by atoms with van der Waals surface area (Å²) < 4.78 is 7.16. The van der Waals surface area contributed by atoms with E-state index >= 15 is 0 Å².